The summed E-state index contributed by atoms with van der Waals surface area (Å²) in [6.07, 6.45) is 2.73. The van der Waals surface area contributed by atoms with Gasteiger partial charge in [0.1, 0.15) is 12.4 Å². The topological polar surface area (TPSA) is 63.7 Å². The first kappa shape index (κ1) is 19.5. The Morgan fingerprint density at radius 2 is 1.85 bits per heavy atom. The third-order valence-electron chi connectivity index (χ3n) is 4.76. The van der Waals surface area contributed by atoms with Crippen molar-refractivity contribution >= 4 is 16.0 Å². The van der Waals surface area contributed by atoms with Crippen LogP contribution < -0.4 is 0 Å². The number of piperidine rings is 1. The molecule has 1 aliphatic rings. The number of rotatable bonds is 5. The van der Waals surface area contributed by atoms with Crippen molar-refractivity contribution in [3.05, 3.63) is 65.5 Å². The van der Waals surface area contributed by atoms with E-state index in [1.165, 1.54) is 40.7 Å². The van der Waals surface area contributed by atoms with Gasteiger partial charge in [0, 0.05) is 18.2 Å². The third-order valence-corrected chi connectivity index (χ3v) is 6.78. The van der Waals surface area contributed by atoms with Crippen LogP contribution in [-0.4, -0.2) is 31.3 Å². The maximum atomic E-state index is 13.6. The fraction of sp³-hybridized carbons (Fsp3) is 0.350. The summed E-state index contributed by atoms with van der Waals surface area (Å²) in [5, 5.41) is 0. The highest BCUT2D eigenvalue weighted by Gasteiger charge is 2.30. The van der Waals surface area contributed by atoms with E-state index in [4.69, 9.17) is 4.74 Å². The van der Waals surface area contributed by atoms with Gasteiger partial charge in [-0.25, -0.2) is 17.6 Å². The Hall–Kier alpha value is -2.25. The molecule has 3 rings (SSSR count). The van der Waals surface area contributed by atoms with Crippen LogP contribution in [0.15, 0.2) is 53.4 Å². The number of benzene rings is 2. The van der Waals surface area contributed by atoms with Gasteiger partial charge in [0.25, 0.3) is 0 Å². The van der Waals surface area contributed by atoms with Crippen molar-refractivity contribution < 1.29 is 22.3 Å². The summed E-state index contributed by atoms with van der Waals surface area (Å²) >= 11 is 0. The number of esters is 1. The molecule has 0 aliphatic carbocycles. The van der Waals surface area contributed by atoms with Gasteiger partial charge in [-0.1, -0.05) is 24.6 Å². The van der Waals surface area contributed by atoms with Gasteiger partial charge >= 0.3 is 5.97 Å². The second kappa shape index (κ2) is 8.19. The van der Waals surface area contributed by atoms with Crippen molar-refractivity contribution in [3.63, 3.8) is 0 Å². The lowest BCUT2D eigenvalue weighted by atomic mass is 10.1. The van der Waals surface area contributed by atoms with Crippen molar-refractivity contribution in [1.82, 2.24) is 4.31 Å². The van der Waals surface area contributed by atoms with Crippen molar-refractivity contribution in [3.8, 4) is 0 Å². The van der Waals surface area contributed by atoms with Gasteiger partial charge in [-0.15, -0.1) is 0 Å². The number of hydrogen-bond donors (Lipinski definition) is 0. The van der Waals surface area contributed by atoms with Gasteiger partial charge in [-0.3, -0.25) is 0 Å². The number of carbonyl (C=O) groups excluding carboxylic acids is 1. The quantitative estimate of drug-likeness (QED) is 0.729. The minimum absolute atomic E-state index is 0.0332. The standard InChI is InChI=1S/C20H22FNO4S/c1-15-6-4-5-13-22(15)27(24,25)18-11-9-16(10-12-18)20(23)26-14-17-7-2-3-8-19(17)21/h2-3,7-12,15H,4-6,13-14H2,1H3/t15-/m1/s1. The molecule has 0 unspecified atom stereocenters. The Balaban J connectivity index is 1.69. The van der Waals surface area contributed by atoms with Crippen molar-refractivity contribution in [2.24, 2.45) is 0 Å². The molecular weight excluding hydrogens is 369 g/mol. The van der Waals surface area contributed by atoms with Gasteiger partial charge in [-0.05, 0) is 50.1 Å². The van der Waals surface area contributed by atoms with Gasteiger partial charge in [-0.2, -0.15) is 4.31 Å². The van der Waals surface area contributed by atoms with Gasteiger partial charge in [0.2, 0.25) is 10.0 Å². The first-order valence-electron chi connectivity index (χ1n) is 8.92. The number of ether oxygens (including phenoxy) is 1. The van der Waals surface area contributed by atoms with Crippen LogP contribution in [0.2, 0.25) is 0 Å². The molecule has 1 saturated heterocycles. The minimum Gasteiger partial charge on any atom is -0.457 e. The smallest absolute Gasteiger partial charge is 0.338 e. The fourth-order valence-electron chi connectivity index (χ4n) is 3.17. The molecule has 5 nitrogen and oxygen atoms in total. The van der Waals surface area contributed by atoms with Crippen LogP contribution in [0.25, 0.3) is 0 Å². The molecule has 0 aromatic heterocycles. The Kier molecular flexibility index (Phi) is 5.92. The Labute approximate surface area is 158 Å². The SMILES string of the molecule is C[C@@H]1CCCCN1S(=O)(=O)c1ccc(C(=O)OCc2ccccc2F)cc1. The summed E-state index contributed by atoms with van der Waals surface area (Å²) in [6.45, 7) is 2.23. The zero-order valence-electron chi connectivity index (χ0n) is 15.1. The second-order valence-corrected chi connectivity index (χ2v) is 8.54. The van der Waals surface area contributed by atoms with E-state index in [1.54, 1.807) is 12.1 Å². The van der Waals surface area contributed by atoms with Crippen LogP contribution in [0.1, 0.15) is 42.1 Å². The number of carbonyl (C=O) groups is 1. The number of sulfonamides is 1. The van der Waals surface area contributed by atoms with Crippen LogP contribution in [0.4, 0.5) is 4.39 Å². The van der Waals surface area contributed by atoms with Gasteiger partial charge in [0.05, 0.1) is 10.5 Å². The lowest BCUT2D eigenvalue weighted by molar-refractivity contribution is 0.0469. The van der Waals surface area contributed by atoms with E-state index in [-0.39, 0.29) is 28.7 Å². The fourth-order valence-corrected chi connectivity index (χ4v) is 4.87. The minimum atomic E-state index is -3.58. The molecular formula is C20H22FNO4S. The highest BCUT2D eigenvalue weighted by atomic mass is 32.2. The maximum Gasteiger partial charge on any atom is 0.338 e. The van der Waals surface area contributed by atoms with E-state index in [2.05, 4.69) is 0 Å². The Morgan fingerprint density at radius 1 is 1.15 bits per heavy atom. The highest BCUT2D eigenvalue weighted by molar-refractivity contribution is 7.89. The number of nitrogens with zero attached hydrogens (tertiary/aromatic N) is 1. The normalized spacial score (nSPS) is 18.2. The average molecular weight is 391 g/mol. The number of hydrogen-bond acceptors (Lipinski definition) is 4. The maximum absolute atomic E-state index is 13.6. The predicted octanol–water partition coefficient (Wildman–Crippen LogP) is 3.75. The molecule has 144 valence electrons. The summed E-state index contributed by atoms with van der Waals surface area (Å²) in [4.78, 5) is 12.3. The zero-order chi connectivity index (χ0) is 19.4. The van der Waals surface area contributed by atoms with Crippen molar-refractivity contribution in [2.45, 2.75) is 43.7 Å². The van der Waals surface area contributed by atoms with Gasteiger partial charge < -0.3 is 4.74 Å². The Morgan fingerprint density at radius 3 is 2.52 bits per heavy atom. The molecule has 1 aliphatic heterocycles. The summed E-state index contributed by atoms with van der Waals surface area (Å²) < 4.78 is 45.8. The van der Waals surface area contributed by atoms with E-state index in [0.29, 0.717) is 6.54 Å². The summed E-state index contributed by atoms with van der Waals surface area (Å²) in [5.74, 6) is -1.07. The highest BCUT2D eigenvalue weighted by Crippen LogP contribution is 2.25. The molecule has 0 radical (unpaired) electrons. The Bertz CT molecular complexity index is 912. The van der Waals surface area contributed by atoms with E-state index in [1.807, 2.05) is 6.92 Å². The second-order valence-electron chi connectivity index (χ2n) is 6.65. The van der Waals surface area contributed by atoms with E-state index in [9.17, 15) is 17.6 Å². The van der Waals surface area contributed by atoms with Crippen LogP contribution in [-0.2, 0) is 21.4 Å². The van der Waals surface area contributed by atoms with E-state index < -0.39 is 21.8 Å². The van der Waals surface area contributed by atoms with Crippen LogP contribution in [0, 0.1) is 5.82 Å². The molecule has 0 N–H and O–H groups in total. The van der Waals surface area contributed by atoms with E-state index in [0.717, 1.165) is 19.3 Å². The van der Waals surface area contributed by atoms with Crippen LogP contribution in [0.3, 0.4) is 0 Å². The predicted molar refractivity (Wildman–Crippen MR) is 99.2 cm³/mol. The number of halogens is 1. The molecule has 0 amide bonds. The lowest BCUT2D eigenvalue weighted by Crippen LogP contribution is -2.41. The average Bonchev–Trinajstić information content (AvgIpc) is 2.67. The molecule has 7 heteroatoms. The molecule has 1 atom stereocenters. The summed E-state index contributed by atoms with van der Waals surface area (Å²) in [5.41, 5.74) is 0.501. The van der Waals surface area contributed by atoms with Crippen LogP contribution >= 0.6 is 0 Å². The van der Waals surface area contributed by atoms with Crippen molar-refractivity contribution in [1.29, 1.82) is 0 Å². The molecule has 0 spiro atoms. The molecule has 0 bridgehead atoms. The van der Waals surface area contributed by atoms with Crippen molar-refractivity contribution in [2.75, 3.05) is 6.54 Å². The first-order valence-corrected chi connectivity index (χ1v) is 10.4. The zero-order valence-corrected chi connectivity index (χ0v) is 15.9. The molecule has 0 saturated carbocycles. The lowest BCUT2D eigenvalue weighted by Gasteiger charge is -2.32. The molecule has 1 fully saturated rings. The summed E-state index contributed by atoms with van der Waals surface area (Å²) in [7, 11) is -3.58. The monoisotopic (exact) mass is 391 g/mol. The largest absolute Gasteiger partial charge is 0.457 e. The molecule has 2 aromatic rings. The first-order chi connectivity index (χ1) is 12.9. The van der Waals surface area contributed by atoms with E-state index >= 15 is 0 Å². The molecule has 2 aromatic carbocycles. The summed E-state index contributed by atoms with van der Waals surface area (Å²) in [6, 6.07) is 11.7. The third kappa shape index (κ3) is 4.36. The van der Waals surface area contributed by atoms with Gasteiger partial charge in [0.15, 0.2) is 0 Å². The molecule has 1 heterocycles. The van der Waals surface area contributed by atoms with Crippen LogP contribution in [0.5, 0.6) is 0 Å². The molecule has 27 heavy (non-hydrogen) atoms.